The molecular weight excluding hydrogens is 370 g/mol. The summed E-state index contributed by atoms with van der Waals surface area (Å²) in [6, 6.07) is 26.8. The van der Waals surface area contributed by atoms with Crippen LogP contribution in [0.2, 0.25) is 0 Å². The van der Waals surface area contributed by atoms with Crippen LogP contribution < -0.4 is 10.6 Å². The van der Waals surface area contributed by atoms with E-state index in [0.717, 1.165) is 42.9 Å². The van der Waals surface area contributed by atoms with Gasteiger partial charge in [0.05, 0.1) is 0 Å². The Kier molecular flexibility index (Phi) is 6.45. The van der Waals surface area contributed by atoms with E-state index in [0.29, 0.717) is 12.5 Å². The molecule has 4 nitrogen and oxygen atoms in total. The van der Waals surface area contributed by atoms with Crippen molar-refractivity contribution < 1.29 is 4.79 Å². The lowest BCUT2D eigenvalue weighted by molar-refractivity contribution is 0.199. The maximum atomic E-state index is 13.2. The van der Waals surface area contributed by atoms with Gasteiger partial charge in [-0.2, -0.15) is 0 Å². The van der Waals surface area contributed by atoms with Gasteiger partial charge in [-0.05, 0) is 72.8 Å². The first-order valence-corrected chi connectivity index (χ1v) is 10.6. The van der Waals surface area contributed by atoms with Gasteiger partial charge in [0.1, 0.15) is 0 Å². The van der Waals surface area contributed by atoms with Crippen LogP contribution in [0.5, 0.6) is 0 Å². The molecule has 154 valence electrons. The molecule has 3 aromatic carbocycles. The molecule has 0 aromatic heterocycles. The molecule has 0 aliphatic carbocycles. The zero-order valence-corrected chi connectivity index (χ0v) is 17.5. The average Bonchev–Trinajstić information content (AvgIpc) is 3.27. The number of hydrogen-bond donors (Lipinski definition) is 2. The molecule has 0 radical (unpaired) electrons. The second-order valence-electron chi connectivity index (χ2n) is 8.11. The Bertz CT molecular complexity index is 980. The van der Waals surface area contributed by atoms with Crippen molar-refractivity contribution in [2.45, 2.75) is 19.9 Å². The van der Waals surface area contributed by atoms with Crippen molar-refractivity contribution in [1.82, 2.24) is 10.2 Å². The van der Waals surface area contributed by atoms with Gasteiger partial charge in [0, 0.05) is 18.8 Å². The van der Waals surface area contributed by atoms with Crippen LogP contribution in [-0.2, 0) is 6.54 Å². The molecule has 2 N–H and O–H groups in total. The van der Waals surface area contributed by atoms with Gasteiger partial charge >= 0.3 is 6.03 Å². The van der Waals surface area contributed by atoms with Gasteiger partial charge in [0.15, 0.2) is 0 Å². The van der Waals surface area contributed by atoms with Crippen molar-refractivity contribution in [3.63, 3.8) is 0 Å². The molecule has 1 unspecified atom stereocenters. The van der Waals surface area contributed by atoms with Crippen LogP contribution in [0.3, 0.4) is 0 Å². The Balaban J connectivity index is 1.53. The summed E-state index contributed by atoms with van der Waals surface area (Å²) in [5.41, 5.74) is 5.48. The second-order valence-corrected chi connectivity index (χ2v) is 8.11. The normalized spacial score (nSPS) is 15.7. The molecule has 0 saturated carbocycles. The SMILES string of the molecule is Cc1cccc(NC(=O)N(Cc2cccc(-c3ccccc3)c2)CC2CCNC2)c1. The molecule has 1 aliphatic heterocycles. The van der Waals surface area contributed by atoms with E-state index in [-0.39, 0.29) is 6.03 Å². The molecular formula is C26H29N3O. The second kappa shape index (κ2) is 9.59. The van der Waals surface area contributed by atoms with Crippen molar-refractivity contribution in [2.75, 3.05) is 25.0 Å². The molecule has 1 heterocycles. The highest BCUT2D eigenvalue weighted by Gasteiger charge is 2.22. The molecule has 30 heavy (non-hydrogen) atoms. The van der Waals surface area contributed by atoms with E-state index in [9.17, 15) is 4.79 Å². The summed E-state index contributed by atoms with van der Waals surface area (Å²) in [4.78, 5) is 15.1. The van der Waals surface area contributed by atoms with E-state index in [2.05, 4.69) is 59.2 Å². The van der Waals surface area contributed by atoms with Crippen LogP contribution >= 0.6 is 0 Å². The number of aryl methyl sites for hydroxylation is 1. The number of rotatable bonds is 6. The maximum Gasteiger partial charge on any atom is 0.322 e. The summed E-state index contributed by atoms with van der Waals surface area (Å²) in [5.74, 6) is 0.491. The quantitative estimate of drug-likeness (QED) is 0.590. The van der Waals surface area contributed by atoms with Crippen LogP contribution in [0, 0.1) is 12.8 Å². The Morgan fingerprint density at radius 3 is 2.57 bits per heavy atom. The fourth-order valence-corrected chi connectivity index (χ4v) is 4.03. The van der Waals surface area contributed by atoms with E-state index < -0.39 is 0 Å². The maximum absolute atomic E-state index is 13.2. The molecule has 4 heteroatoms. The third-order valence-corrected chi connectivity index (χ3v) is 5.61. The molecule has 0 spiro atoms. The first-order chi connectivity index (χ1) is 14.7. The Morgan fingerprint density at radius 2 is 1.80 bits per heavy atom. The zero-order chi connectivity index (χ0) is 20.8. The molecule has 1 aliphatic rings. The minimum absolute atomic E-state index is 0.0439. The fourth-order valence-electron chi connectivity index (χ4n) is 4.03. The van der Waals surface area contributed by atoms with Crippen LogP contribution in [0.1, 0.15) is 17.5 Å². The smallest absolute Gasteiger partial charge is 0.320 e. The van der Waals surface area contributed by atoms with Gasteiger partial charge in [0.2, 0.25) is 0 Å². The Morgan fingerprint density at radius 1 is 1.00 bits per heavy atom. The van der Waals surface area contributed by atoms with Crippen molar-refractivity contribution >= 4 is 11.7 Å². The highest BCUT2D eigenvalue weighted by atomic mass is 16.2. The predicted molar refractivity (Wildman–Crippen MR) is 123 cm³/mol. The number of nitrogens with zero attached hydrogens (tertiary/aromatic N) is 1. The lowest BCUT2D eigenvalue weighted by Crippen LogP contribution is -2.38. The minimum Gasteiger partial charge on any atom is -0.320 e. The Labute approximate surface area is 178 Å². The number of amides is 2. The third kappa shape index (κ3) is 5.28. The van der Waals surface area contributed by atoms with Crippen LogP contribution in [0.4, 0.5) is 10.5 Å². The van der Waals surface area contributed by atoms with Crippen molar-refractivity contribution in [1.29, 1.82) is 0 Å². The number of benzene rings is 3. The number of carbonyl (C=O) groups is 1. The molecule has 0 bridgehead atoms. The summed E-state index contributed by atoms with van der Waals surface area (Å²) in [6.07, 6.45) is 1.11. The molecule has 1 saturated heterocycles. The molecule has 1 fully saturated rings. The monoisotopic (exact) mass is 399 g/mol. The molecule has 2 amide bonds. The number of hydrogen-bond acceptors (Lipinski definition) is 2. The highest BCUT2D eigenvalue weighted by Crippen LogP contribution is 2.22. The summed E-state index contributed by atoms with van der Waals surface area (Å²) >= 11 is 0. The van der Waals surface area contributed by atoms with Gasteiger partial charge < -0.3 is 15.5 Å². The molecule has 3 aromatic rings. The van der Waals surface area contributed by atoms with Gasteiger partial charge in [-0.1, -0.05) is 60.7 Å². The number of carbonyl (C=O) groups excluding carboxylic acids is 1. The summed E-state index contributed by atoms with van der Waals surface area (Å²) in [6.45, 7) is 5.38. The third-order valence-electron chi connectivity index (χ3n) is 5.61. The van der Waals surface area contributed by atoms with Crippen LogP contribution in [-0.4, -0.2) is 30.6 Å². The van der Waals surface area contributed by atoms with E-state index in [1.165, 1.54) is 11.1 Å². The summed E-state index contributed by atoms with van der Waals surface area (Å²) < 4.78 is 0. The van der Waals surface area contributed by atoms with Gasteiger partial charge in [-0.15, -0.1) is 0 Å². The van der Waals surface area contributed by atoms with Gasteiger partial charge in [-0.3, -0.25) is 0 Å². The fraction of sp³-hybridized carbons (Fsp3) is 0.269. The predicted octanol–water partition coefficient (Wildman–Crippen LogP) is 5.31. The van der Waals surface area contributed by atoms with E-state index in [4.69, 9.17) is 0 Å². The largest absolute Gasteiger partial charge is 0.322 e. The Hall–Kier alpha value is -3.11. The standard InChI is InChI=1S/C26H29N3O/c1-20-7-5-12-25(15-20)28-26(30)29(19-22-13-14-27-17-22)18-21-8-6-11-24(16-21)23-9-3-2-4-10-23/h2-12,15-16,22,27H,13-14,17-19H2,1H3,(H,28,30). The first-order valence-electron chi connectivity index (χ1n) is 10.6. The van der Waals surface area contributed by atoms with Gasteiger partial charge in [0.25, 0.3) is 0 Å². The number of nitrogens with one attached hydrogen (secondary N) is 2. The van der Waals surface area contributed by atoms with E-state index >= 15 is 0 Å². The van der Waals surface area contributed by atoms with Crippen molar-refractivity contribution in [3.05, 3.63) is 90.0 Å². The highest BCUT2D eigenvalue weighted by molar-refractivity contribution is 5.89. The van der Waals surface area contributed by atoms with Crippen molar-refractivity contribution in [3.8, 4) is 11.1 Å². The van der Waals surface area contributed by atoms with E-state index in [1.807, 2.05) is 42.2 Å². The van der Waals surface area contributed by atoms with Crippen molar-refractivity contribution in [2.24, 2.45) is 5.92 Å². The van der Waals surface area contributed by atoms with Crippen LogP contribution in [0.15, 0.2) is 78.9 Å². The zero-order valence-electron chi connectivity index (χ0n) is 17.5. The topological polar surface area (TPSA) is 44.4 Å². The summed E-state index contributed by atoms with van der Waals surface area (Å²) in [7, 11) is 0. The van der Waals surface area contributed by atoms with E-state index in [1.54, 1.807) is 0 Å². The number of urea groups is 1. The minimum atomic E-state index is -0.0439. The lowest BCUT2D eigenvalue weighted by atomic mass is 10.0. The van der Waals surface area contributed by atoms with Gasteiger partial charge in [-0.25, -0.2) is 4.79 Å². The van der Waals surface area contributed by atoms with Crippen LogP contribution in [0.25, 0.3) is 11.1 Å². The average molecular weight is 400 g/mol. The molecule has 1 atom stereocenters. The molecule has 4 rings (SSSR count). The first kappa shape index (κ1) is 20.2. The lowest BCUT2D eigenvalue weighted by Gasteiger charge is -2.26. The number of anilines is 1. The summed E-state index contributed by atoms with van der Waals surface area (Å²) in [5, 5.41) is 6.50.